The zero-order valence-corrected chi connectivity index (χ0v) is 13.4. The summed E-state index contributed by atoms with van der Waals surface area (Å²) in [6.45, 7) is 3.27. The fourth-order valence-electron chi connectivity index (χ4n) is 2.19. The molecule has 1 aliphatic heterocycles. The van der Waals surface area contributed by atoms with Crippen LogP contribution in [0.25, 0.3) is 0 Å². The highest BCUT2D eigenvalue weighted by Crippen LogP contribution is 2.27. The van der Waals surface area contributed by atoms with Crippen LogP contribution < -0.4 is 10.1 Å². The second-order valence-corrected chi connectivity index (χ2v) is 6.13. The summed E-state index contributed by atoms with van der Waals surface area (Å²) in [5, 5.41) is 11.3. The van der Waals surface area contributed by atoms with Gasteiger partial charge < -0.3 is 14.8 Å². The van der Waals surface area contributed by atoms with Gasteiger partial charge in [-0.2, -0.15) is 5.26 Å². The average Bonchev–Trinajstić information content (AvgIpc) is 3.01. The smallest absolute Gasteiger partial charge is 0.234 e. The highest BCUT2D eigenvalue weighted by Gasteiger charge is 2.17. The van der Waals surface area contributed by atoms with Crippen LogP contribution in [0.5, 0.6) is 5.75 Å². The standard InChI is InChI=1S/C16H20N2O3S/c1-12-4-5-14(18-16(19)11-22-8-6-17)15(9-12)21-10-13-3-2-7-20-13/h4-5,9,13H,2-3,7-8,10-11H2,1H3,(H,18,19)/t13-/m1/s1. The van der Waals surface area contributed by atoms with Gasteiger partial charge in [0.2, 0.25) is 5.91 Å². The fraction of sp³-hybridized carbons (Fsp3) is 0.500. The van der Waals surface area contributed by atoms with Gasteiger partial charge in [0.1, 0.15) is 12.4 Å². The molecule has 1 atom stereocenters. The van der Waals surface area contributed by atoms with Gasteiger partial charge in [-0.1, -0.05) is 6.07 Å². The Bertz CT molecular complexity index is 551. The van der Waals surface area contributed by atoms with Crippen LogP contribution in [0.15, 0.2) is 18.2 Å². The van der Waals surface area contributed by atoms with E-state index in [1.165, 1.54) is 11.8 Å². The number of nitrogens with zero attached hydrogens (tertiary/aromatic N) is 1. The number of nitriles is 1. The van der Waals surface area contributed by atoms with Crippen molar-refractivity contribution < 1.29 is 14.3 Å². The molecule has 0 bridgehead atoms. The number of anilines is 1. The number of thioether (sulfide) groups is 1. The van der Waals surface area contributed by atoms with Gasteiger partial charge in [-0.05, 0) is 37.5 Å². The Kier molecular flexibility index (Phi) is 6.56. The molecule has 2 rings (SSSR count). The van der Waals surface area contributed by atoms with E-state index < -0.39 is 0 Å². The third-order valence-corrected chi connectivity index (χ3v) is 4.06. The summed E-state index contributed by atoms with van der Waals surface area (Å²) in [6, 6.07) is 7.68. The van der Waals surface area contributed by atoms with Crippen molar-refractivity contribution in [1.82, 2.24) is 0 Å². The maximum absolute atomic E-state index is 11.9. The Morgan fingerprint density at radius 3 is 3.18 bits per heavy atom. The average molecular weight is 320 g/mol. The maximum Gasteiger partial charge on any atom is 0.234 e. The van der Waals surface area contributed by atoms with E-state index in [1.807, 2.05) is 31.2 Å². The number of carbonyl (C=O) groups excluding carboxylic acids is 1. The Hall–Kier alpha value is -1.71. The van der Waals surface area contributed by atoms with E-state index in [2.05, 4.69) is 5.32 Å². The number of nitrogens with one attached hydrogen (secondary N) is 1. The molecule has 0 aliphatic carbocycles. The predicted molar refractivity (Wildman–Crippen MR) is 87.2 cm³/mol. The topological polar surface area (TPSA) is 71.4 Å². The third-order valence-electron chi connectivity index (χ3n) is 3.26. The summed E-state index contributed by atoms with van der Waals surface area (Å²) in [4.78, 5) is 11.9. The number of amides is 1. The molecule has 1 fully saturated rings. The van der Waals surface area contributed by atoms with Crippen LogP contribution in [0.3, 0.4) is 0 Å². The lowest BCUT2D eigenvalue weighted by Crippen LogP contribution is -2.19. The number of hydrogen-bond donors (Lipinski definition) is 1. The SMILES string of the molecule is Cc1ccc(NC(=O)CSCC#N)c(OC[C@H]2CCCO2)c1. The minimum Gasteiger partial charge on any atom is -0.489 e. The molecule has 1 N–H and O–H groups in total. The zero-order chi connectivity index (χ0) is 15.8. The minimum absolute atomic E-state index is 0.133. The van der Waals surface area contributed by atoms with E-state index >= 15 is 0 Å². The largest absolute Gasteiger partial charge is 0.489 e. The van der Waals surface area contributed by atoms with Crippen LogP contribution in [-0.4, -0.2) is 36.7 Å². The van der Waals surface area contributed by atoms with Gasteiger partial charge in [-0.3, -0.25) is 4.79 Å². The molecule has 6 heteroatoms. The molecule has 0 saturated carbocycles. The van der Waals surface area contributed by atoms with Gasteiger partial charge in [0.25, 0.3) is 0 Å². The van der Waals surface area contributed by atoms with E-state index in [0.717, 1.165) is 25.0 Å². The molecular formula is C16H20N2O3S. The summed E-state index contributed by atoms with van der Waals surface area (Å²) in [5.74, 6) is 1.09. The minimum atomic E-state index is -0.133. The molecule has 0 aromatic heterocycles. The van der Waals surface area contributed by atoms with Crippen molar-refractivity contribution in [2.75, 3.05) is 30.0 Å². The normalized spacial score (nSPS) is 17.0. The quantitative estimate of drug-likeness (QED) is 0.782. The van der Waals surface area contributed by atoms with E-state index in [0.29, 0.717) is 23.8 Å². The highest BCUT2D eigenvalue weighted by molar-refractivity contribution is 8.00. The lowest BCUT2D eigenvalue weighted by molar-refractivity contribution is -0.113. The van der Waals surface area contributed by atoms with Crippen molar-refractivity contribution >= 4 is 23.4 Å². The second-order valence-electron chi connectivity index (χ2n) is 5.14. The first-order chi connectivity index (χ1) is 10.7. The summed E-state index contributed by atoms with van der Waals surface area (Å²) in [7, 11) is 0. The van der Waals surface area contributed by atoms with Gasteiger partial charge in [-0.25, -0.2) is 0 Å². The Morgan fingerprint density at radius 1 is 1.59 bits per heavy atom. The molecule has 1 saturated heterocycles. The number of benzene rings is 1. The lowest BCUT2D eigenvalue weighted by Gasteiger charge is -2.15. The first kappa shape index (κ1) is 16.7. The van der Waals surface area contributed by atoms with Crippen molar-refractivity contribution in [1.29, 1.82) is 5.26 Å². The van der Waals surface area contributed by atoms with Crippen molar-refractivity contribution in [3.63, 3.8) is 0 Å². The number of ether oxygens (including phenoxy) is 2. The van der Waals surface area contributed by atoms with Crippen molar-refractivity contribution in [3.05, 3.63) is 23.8 Å². The molecule has 0 unspecified atom stereocenters. The lowest BCUT2D eigenvalue weighted by atomic mass is 10.2. The van der Waals surface area contributed by atoms with E-state index in [1.54, 1.807) is 0 Å². The van der Waals surface area contributed by atoms with Crippen LogP contribution in [0.4, 0.5) is 5.69 Å². The van der Waals surface area contributed by atoms with Gasteiger partial charge in [0, 0.05) is 6.61 Å². The molecular weight excluding hydrogens is 300 g/mol. The molecule has 1 aromatic carbocycles. The zero-order valence-electron chi connectivity index (χ0n) is 12.6. The second kappa shape index (κ2) is 8.66. The van der Waals surface area contributed by atoms with E-state index in [4.69, 9.17) is 14.7 Å². The van der Waals surface area contributed by atoms with Crippen LogP contribution in [-0.2, 0) is 9.53 Å². The number of aryl methyl sites for hydroxylation is 1. The summed E-state index contributed by atoms with van der Waals surface area (Å²) < 4.78 is 11.4. The number of rotatable bonds is 7. The highest BCUT2D eigenvalue weighted by atomic mass is 32.2. The molecule has 1 aromatic rings. The monoisotopic (exact) mass is 320 g/mol. The summed E-state index contributed by atoms with van der Waals surface area (Å²) >= 11 is 1.29. The van der Waals surface area contributed by atoms with E-state index in [-0.39, 0.29) is 17.8 Å². The predicted octanol–water partition coefficient (Wildman–Crippen LogP) is 2.75. The van der Waals surface area contributed by atoms with Crippen molar-refractivity contribution in [2.45, 2.75) is 25.9 Å². The fourth-order valence-corrected chi connectivity index (χ4v) is 2.64. The summed E-state index contributed by atoms with van der Waals surface area (Å²) in [6.07, 6.45) is 2.22. The van der Waals surface area contributed by atoms with Crippen LogP contribution in [0.1, 0.15) is 18.4 Å². The summed E-state index contributed by atoms with van der Waals surface area (Å²) in [5.41, 5.74) is 1.73. The van der Waals surface area contributed by atoms with Gasteiger partial charge in [0.05, 0.1) is 29.4 Å². The van der Waals surface area contributed by atoms with Crippen molar-refractivity contribution in [3.8, 4) is 11.8 Å². The number of carbonyl (C=O) groups is 1. The molecule has 22 heavy (non-hydrogen) atoms. The molecule has 1 amide bonds. The molecule has 1 heterocycles. The van der Waals surface area contributed by atoms with Gasteiger partial charge >= 0.3 is 0 Å². The van der Waals surface area contributed by atoms with E-state index in [9.17, 15) is 4.79 Å². The molecule has 5 nitrogen and oxygen atoms in total. The molecule has 0 radical (unpaired) electrons. The Labute approximate surface area is 135 Å². The maximum atomic E-state index is 11.9. The first-order valence-corrected chi connectivity index (χ1v) is 8.44. The molecule has 118 valence electrons. The van der Waals surface area contributed by atoms with Crippen LogP contribution in [0, 0.1) is 18.3 Å². The van der Waals surface area contributed by atoms with Crippen LogP contribution in [0.2, 0.25) is 0 Å². The van der Waals surface area contributed by atoms with Crippen LogP contribution >= 0.6 is 11.8 Å². The number of hydrogen-bond acceptors (Lipinski definition) is 5. The molecule has 0 spiro atoms. The van der Waals surface area contributed by atoms with Gasteiger partial charge in [-0.15, -0.1) is 11.8 Å². The Balaban J connectivity index is 1.94. The van der Waals surface area contributed by atoms with Gasteiger partial charge in [0.15, 0.2) is 0 Å². The first-order valence-electron chi connectivity index (χ1n) is 7.28. The Morgan fingerprint density at radius 2 is 2.45 bits per heavy atom. The van der Waals surface area contributed by atoms with Crippen molar-refractivity contribution in [2.24, 2.45) is 0 Å². The third kappa shape index (κ3) is 5.24. The molecule has 1 aliphatic rings.